The molecule has 1 rings (SSSR count). The van der Waals surface area contributed by atoms with E-state index in [1.165, 1.54) is 6.92 Å². The third-order valence-electron chi connectivity index (χ3n) is 3.34. The first-order valence-corrected chi connectivity index (χ1v) is 7.31. The van der Waals surface area contributed by atoms with Gasteiger partial charge in [0.15, 0.2) is 5.78 Å². The number of ketones is 1. The molecule has 118 valence electrons. The van der Waals surface area contributed by atoms with Gasteiger partial charge in [0.1, 0.15) is 0 Å². The molecule has 1 unspecified atom stereocenters. The molecule has 0 heterocycles. The lowest BCUT2D eigenvalue weighted by Crippen LogP contribution is -2.46. The number of Topliss-reactive ketones (excluding diaryl/α,β-unsaturated/α-hetero) is 1. The number of carbonyl (C=O) groups is 2. The van der Waals surface area contributed by atoms with Gasteiger partial charge in [-0.2, -0.15) is 5.26 Å². The van der Waals surface area contributed by atoms with Crippen molar-refractivity contribution in [3.63, 3.8) is 0 Å². The standard InChI is InChI=1S/C17H23N3O2/c1-12(2)17(13(3)21)19-16(22)11-20(4)10-15-7-5-6-14(8-15)9-18/h5-8,12,17H,10-11H2,1-4H3,(H,19,22). The summed E-state index contributed by atoms with van der Waals surface area (Å²) in [4.78, 5) is 25.4. The number of hydrogen-bond acceptors (Lipinski definition) is 4. The van der Waals surface area contributed by atoms with Crippen LogP contribution in [0.5, 0.6) is 0 Å². The van der Waals surface area contributed by atoms with E-state index < -0.39 is 6.04 Å². The molecule has 1 aromatic rings. The van der Waals surface area contributed by atoms with Crippen molar-refractivity contribution >= 4 is 11.7 Å². The van der Waals surface area contributed by atoms with Gasteiger partial charge in [0, 0.05) is 6.54 Å². The molecule has 0 spiro atoms. The minimum atomic E-state index is -0.442. The van der Waals surface area contributed by atoms with Crippen LogP contribution in [0.2, 0.25) is 0 Å². The molecule has 5 heteroatoms. The first-order chi connectivity index (χ1) is 10.3. The van der Waals surface area contributed by atoms with E-state index in [1.807, 2.05) is 37.9 Å². The Kier molecular flexibility index (Phi) is 6.74. The van der Waals surface area contributed by atoms with Crippen molar-refractivity contribution < 1.29 is 9.59 Å². The molecule has 1 atom stereocenters. The van der Waals surface area contributed by atoms with Crippen LogP contribution in [0.15, 0.2) is 24.3 Å². The average molecular weight is 301 g/mol. The van der Waals surface area contributed by atoms with Crippen molar-refractivity contribution in [1.82, 2.24) is 10.2 Å². The molecule has 5 nitrogen and oxygen atoms in total. The summed E-state index contributed by atoms with van der Waals surface area (Å²) >= 11 is 0. The smallest absolute Gasteiger partial charge is 0.234 e. The van der Waals surface area contributed by atoms with Gasteiger partial charge in [0.2, 0.25) is 5.91 Å². The maximum atomic E-state index is 12.0. The molecule has 1 amide bonds. The second-order valence-corrected chi connectivity index (χ2v) is 5.88. The summed E-state index contributed by atoms with van der Waals surface area (Å²) in [5, 5.41) is 11.7. The molecule has 0 fully saturated rings. The Morgan fingerprint density at radius 2 is 2.05 bits per heavy atom. The fourth-order valence-electron chi connectivity index (χ4n) is 2.31. The molecule has 1 aromatic carbocycles. The Morgan fingerprint density at radius 1 is 1.36 bits per heavy atom. The minimum absolute atomic E-state index is 0.0345. The van der Waals surface area contributed by atoms with E-state index in [1.54, 1.807) is 12.1 Å². The number of hydrogen-bond donors (Lipinski definition) is 1. The van der Waals surface area contributed by atoms with Crippen molar-refractivity contribution in [2.24, 2.45) is 5.92 Å². The van der Waals surface area contributed by atoms with E-state index in [-0.39, 0.29) is 24.2 Å². The van der Waals surface area contributed by atoms with Crippen LogP contribution >= 0.6 is 0 Å². The van der Waals surface area contributed by atoms with Gasteiger partial charge < -0.3 is 5.32 Å². The van der Waals surface area contributed by atoms with Crippen molar-refractivity contribution in [3.05, 3.63) is 35.4 Å². The number of carbonyl (C=O) groups excluding carboxylic acids is 2. The predicted octanol–water partition coefficient (Wildman–Crippen LogP) is 1.72. The van der Waals surface area contributed by atoms with Crippen LogP contribution in [0.3, 0.4) is 0 Å². The van der Waals surface area contributed by atoms with E-state index in [4.69, 9.17) is 5.26 Å². The Morgan fingerprint density at radius 3 is 2.59 bits per heavy atom. The van der Waals surface area contributed by atoms with E-state index in [0.717, 1.165) is 5.56 Å². The molecule has 0 radical (unpaired) electrons. The molecule has 0 aliphatic rings. The minimum Gasteiger partial charge on any atom is -0.345 e. The van der Waals surface area contributed by atoms with E-state index in [9.17, 15) is 9.59 Å². The predicted molar refractivity (Wildman–Crippen MR) is 84.9 cm³/mol. The molecule has 22 heavy (non-hydrogen) atoms. The maximum Gasteiger partial charge on any atom is 0.234 e. The van der Waals surface area contributed by atoms with E-state index >= 15 is 0 Å². The zero-order chi connectivity index (χ0) is 16.7. The second kappa shape index (κ2) is 8.30. The highest BCUT2D eigenvalue weighted by Gasteiger charge is 2.21. The molecule has 0 aliphatic heterocycles. The monoisotopic (exact) mass is 301 g/mol. The van der Waals surface area contributed by atoms with Crippen LogP contribution < -0.4 is 5.32 Å². The Hall–Kier alpha value is -2.19. The molecular weight excluding hydrogens is 278 g/mol. The number of nitriles is 1. The highest BCUT2D eigenvalue weighted by Crippen LogP contribution is 2.07. The summed E-state index contributed by atoms with van der Waals surface area (Å²) in [7, 11) is 1.83. The highest BCUT2D eigenvalue weighted by molar-refractivity contribution is 5.88. The SMILES string of the molecule is CC(=O)C(NC(=O)CN(C)Cc1cccc(C#N)c1)C(C)C. The van der Waals surface area contributed by atoms with Gasteiger partial charge in [-0.05, 0) is 37.6 Å². The lowest BCUT2D eigenvalue weighted by atomic mass is 10.0. The van der Waals surface area contributed by atoms with Crippen molar-refractivity contribution in [2.75, 3.05) is 13.6 Å². The summed E-state index contributed by atoms with van der Waals surface area (Å²) in [5.41, 5.74) is 1.58. The first kappa shape index (κ1) is 17.9. The first-order valence-electron chi connectivity index (χ1n) is 7.31. The second-order valence-electron chi connectivity index (χ2n) is 5.88. The van der Waals surface area contributed by atoms with Crippen molar-refractivity contribution in [1.29, 1.82) is 5.26 Å². The highest BCUT2D eigenvalue weighted by atomic mass is 16.2. The number of rotatable bonds is 7. The Balaban J connectivity index is 2.57. The normalized spacial score (nSPS) is 12.0. The van der Waals surface area contributed by atoms with Crippen LogP contribution in [0, 0.1) is 17.2 Å². The summed E-state index contributed by atoms with van der Waals surface area (Å²) in [5.74, 6) is -0.139. The summed E-state index contributed by atoms with van der Waals surface area (Å²) in [6.45, 7) is 6.07. The quantitative estimate of drug-likeness (QED) is 0.832. The lowest BCUT2D eigenvalue weighted by molar-refractivity contribution is -0.128. The number of nitrogens with zero attached hydrogens (tertiary/aromatic N) is 2. The van der Waals surface area contributed by atoms with Crippen molar-refractivity contribution in [3.8, 4) is 6.07 Å². The van der Waals surface area contributed by atoms with Crippen molar-refractivity contribution in [2.45, 2.75) is 33.4 Å². The van der Waals surface area contributed by atoms with Crippen LogP contribution in [0.25, 0.3) is 0 Å². The summed E-state index contributed by atoms with van der Waals surface area (Å²) in [6, 6.07) is 8.95. The van der Waals surface area contributed by atoms with Gasteiger partial charge in [-0.3, -0.25) is 14.5 Å². The van der Waals surface area contributed by atoms with Gasteiger partial charge in [0.05, 0.1) is 24.2 Å². The van der Waals surface area contributed by atoms with Gasteiger partial charge in [0.25, 0.3) is 0 Å². The van der Waals surface area contributed by atoms with Crippen LogP contribution in [0.1, 0.15) is 31.9 Å². The van der Waals surface area contributed by atoms with Crippen LogP contribution in [-0.4, -0.2) is 36.2 Å². The number of benzene rings is 1. The fraction of sp³-hybridized carbons (Fsp3) is 0.471. The van der Waals surface area contributed by atoms with Gasteiger partial charge in [-0.15, -0.1) is 0 Å². The molecule has 0 bridgehead atoms. The van der Waals surface area contributed by atoms with Crippen LogP contribution in [-0.2, 0) is 16.1 Å². The third-order valence-corrected chi connectivity index (χ3v) is 3.34. The van der Waals surface area contributed by atoms with Gasteiger partial charge >= 0.3 is 0 Å². The number of amides is 1. The van der Waals surface area contributed by atoms with Crippen LogP contribution in [0.4, 0.5) is 0 Å². The van der Waals surface area contributed by atoms with E-state index in [2.05, 4.69) is 11.4 Å². The number of likely N-dealkylation sites (N-methyl/N-ethyl adjacent to an activating group) is 1. The van der Waals surface area contributed by atoms with E-state index in [0.29, 0.717) is 12.1 Å². The Bertz CT molecular complexity index is 576. The fourth-order valence-corrected chi connectivity index (χ4v) is 2.31. The zero-order valence-electron chi connectivity index (χ0n) is 13.6. The molecule has 1 N–H and O–H groups in total. The number of nitrogens with one attached hydrogen (secondary N) is 1. The molecule has 0 saturated carbocycles. The Labute approximate surface area is 131 Å². The third kappa shape index (κ3) is 5.66. The lowest BCUT2D eigenvalue weighted by Gasteiger charge is -2.22. The van der Waals surface area contributed by atoms with Gasteiger partial charge in [-0.25, -0.2) is 0 Å². The molecule has 0 aliphatic carbocycles. The zero-order valence-corrected chi connectivity index (χ0v) is 13.6. The molecule has 0 saturated heterocycles. The largest absolute Gasteiger partial charge is 0.345 e. The maximum absolute atomic E-state index is 12.0. The summed E-state index contributed by atoms with van der Waals surface area (Å²) < 4.78 is 0. The van der Waals surface area contributed by atoms with Gasteiger partial charge in [-0.1, -0.05) is 26.0 Å². The summed E-state index contributed by atoms with van der Waals surface area (Å²) in [6.07, 6.45) is 0. The topological polar surface area (TPSA) is 73.2 Å². The molecule has 0 aromatic heterocycles. The average Bonchev–Trinajstić information content (AvgIpc) is 2.44. The molecular formula is C17H23N3O2.